The van der Waals surface area contributed by atoms with E-state index >= 15 is 0 Å². The lowest BCUT2D eigenvalue weighted by atomic mass is 9.93. The van der Waals surface area contributed by atoms with E-state index in [1.54, 1.807) is 10.7 Å². The summed E-state index contributed by atoms with van der Waals surface area (Å²) >= 11 is 0. The van der Waals surface area contributed by atoms with Crippen molar-refractivity contribution in [2.75, 3.05) is 6.61 Å². The van der Waals surface area contributed by atoms with Crippen LogP contribution in [0.25, 0.3) is 16.9 Å². The van der Waals surface area contributed by atoms with Gasteiger partial charge in [-0.25, -0.2) is 14.5 Å². The van der Waals surface area contributed by atoms with E-state index < -0.39 is 0 Å². The van der Waals surface area contributed by atoms with E-state index in [-0.39, 0.29) is 5.54 Å². The van der Waals surface area contributed by atoms with Crippen LogP contribution in [0.1, 0.15) is 38.6 Å². The monoisotopic (exact) mass is 353 g/mol. The van der Waals surface area contributed by atoms with Crippen molar-refractivity contribution in [2.45, 2.75) is 46.6 Å². The number of rotatable bonds is 6. The predicted octanol–water partition coefficient (Wildman–Crippen LogP) is 3.55. The van der Waals surface area contributed by atoms with Gasteiger partial charge in [0, 0.05) is 17.3 Å². The molecule has 0 amide bonds. The zero-order valence-corrected chi connectivity index (χ0v) is 16.2. The Kier molecular flexibility index (Phi) is 4.96. The first-order chi connectivity index (χ1) is 12.2. The van der Waals surface area contributed by atoms with Gasteiger partial charge in [0.15, 0.2) is 5.65 Å². The zero-order valence-electron chi connectivity index (χ0n) is 16.2. The standard InChI is InChI=1S/C20H27N5O/c1-13(10-20(4,5)21)12-26-18-7-6-17(24-15(18)3)16-8-9-22-25-11-14(2)23-19(16)25/h6-9,11,13H,10,12,21H2,1-5H3/t13-/m0/s1. The van der Waals surface area contributed by atoms with Gasteiger partial charge in [-0.2, -0.15) is 5.10 Å². The normalized spacial score (nSPS) is 13.2. The fraction of sp³-hybridized carbons (Fsp3) is 0.450. The van der Waals surface area contributed by atoms with Crippen molar-refractivity contribution in [2.24, 2.45) is 11.7 Å². The lowest BCUT2D eigenvalue weighted by molar-refractivity contribution is 0.227. The second-order valence-corrected chi connectivity index (χ2v) is 7.78. The highest BCUT2D eigenvalue weighted by atomic mass is 16.5. The Morgan fingerprint density at radius 1 is 1.19 bits per heavy atom. The molecular weight excluding hydrogens is 326 g/mol. The minimum absolute atomic E-state index is 0.186. The molecule has 3 rings (SSSR count). The Balaban J connectivity index is 1.79. The smallest absolute Gasteiger partial charge is 0.163 e. The third-order valence-electron chi connectivity index (χ3n) is 4.19. The van der Waals surface area contributed by atoms with Gasteiger partial charge >= 0.3 is 0 Å². The lowest BCUT2D eigenvalue weighted by Crippen LogP contribution is -2.35. The first-order valence-electron chi connectivity index (χ1n) is 8.93. The summed E-state index contributed by atoms with van der Waals surface area (Å²) in [5, 5.41) is 4.30. The van der Waals surface area contributed by atoms with E-state index in [1.807, 2.05) is 52.1 Å². The van der Waals surface area contributed by atoms with Crippen LogP contribution in [0, 0.1) is 19.8 Å². The average molecular weight is 353 g/mol. The van der Waals surface area contributed by atoms with Crippen molar-refractivity contribution >= 4 is 5.65 Å². The summed E-state index contributed by atoms with van der Waals surface area (Å²) < 4.78 is 7.76. The summed E-state index contributed by atoms with van der Waals surface area (Å²) in [6.45, 7) is 10.8. The van der Waals surface area contributed by atoms with Crippen molar-refractivity contribution in [3.63, 3.8) is 0 Å². The molecule has 0 unspecified atom stereocenters. The first-order valence-corrected chi connectivity index (χ1v) is 8.93. The molecule has 0 saturated heterocycles. The van der Waals surface area contributed by atoms with E-state index in [9.17, 15) is 0 Å². The van der Waals surface area contributed by atoms with Crippen LogP contribution in [0.4, 0.5) is 0 Å². The summed E-state index contributed by atoms with van der Waals surface area (Å²) in [5.41, 5.74) is 10.3. The maximum Gasteiger partial charge on any atom is 0.163 e. The van der Waals surface area contributed by atoms with Crippen LogP contribution in [-0.2, 0) is 0 Å². The highest BCUT2D eigenvalue weighted by molar-refractivity contribution is 5.74. The average Bonchev–Trinajstić information content (AvgIpc) is 2.92. The Labute approximate surface area is 154 Å². The molecule has 0 saturated carbocycles. The van der Waals surface area contributed by atoms with Crippen LogP contribution >= 0.6 is 0 Å². The van der Waals surface area contributed by atoms with Crippen LogP contribution in [0.5, 0.6) is 5.75 Å². The van der Waals surface area contributed by atoms with E-state index in [1.165, 1.54) is 0 Å². The van der Waals surface area contributed by atoms with Crippen molar-refractivity contribution in [3.8, 4) is 17.0 Å². The van der Waals surface area contributed by atoms with Crippen molar-refractivity contribution in [3.05, 3.63) is 42.0 Å². The molecule has 6 nitrogen and oxygen atoms in total. The molecule has 3 heterocycles. The van der Waals surface area contributed by atoms with Gasteiger partial charge in [-0.15, -0.1) is 0 Å². The van der Waals surface area contributed by atoms with Crippen LogP contribution in [0.15, 0.2) is 30.6 Å². The summed E-state index contributed by atoms with van der Waals surface area (Å²) in [6, 6.07) is 5.89. The molecule has 0 fully saturated rings. The van der Waals surface area contributed by atoms with Crippen molar-refractivity contribution in [1.29, 1.82) is 0 Å². The van der Waals surface area contributed by atoms with E-state index in [0.29, 0.717) is 12.5 Å². The molecule has 2 N–H and O–H groups in total. The third-order valence-corrected chi connectivity index (χ3v) is 4.19. The maximum absolute atomic E-state index is 6.09. The first kappa shape index (κ1) is 18.3. The second kappa shape index (κ2) is 7.03. The van der Waals surface area contributed by atoms with Crippen LogP contribution in [-0.4, -0.2) is 31.7 Å². The number of hydrogen-bond donors (Lipinski definition) is 1. The van der Waals surface area contributed by atoms with Crippen molar-refractivity contribution in [1.82, 2.24) is 19.6 Å². The molecule has 26 heavy (non-hydrogen) atoms. The van der Waals surface area contributed by atoms with Gasteiger partial charge in [-0.3, -0.25) is 0 Å². The largest absolute Gasteiger partial charge is 0.491 e. The van der Waals surface area contributed by atoms with Crippen LogP contribution in [0.3, 0.4) is 0 Å². The summed E-state index contributed by atoms with van der Waals surface area (Å²) in [6.07, 6.45) is 4.58. The number of hydrogen-bond acceptors (Lipinski definition) is 5. The van der Waals surface area contributed by atoms with Crippen molar-refractivity contribution < 1.29 is 4.74 Å². The minimum Gasteiger partial charge on any atom is -0.491 e. The second-order valence-electron chi connectivity index (χ2n) is 7.78. The van der Waals surface area contributed by atoms with Gasteiger partial charge in [0.2, 0.25) is 0 Å². The molecule has 0 radical (unpaired) electrons. The fourth-order valence-electron chi connectivity index (χ4n) is 3.25. The van der Waals surface area contributed by atoms with Gasteiger partial charge in [-0.1, -0.05) is 6.92 Å². The van der Waals surface area contributed by atoms with Gasteiger partial charge in [0.25, 0.3) is 0 Å². The summed E-state index contributed by atoms with van der Waals surface area (Å²) in [4.78, 5) is 9.28. The van der Waals surface area contributed by atoms with E-state index in [4.69, 9.17) is 15.5 Å². The number of pyridine rings is 1. The molecule has 3 aromatic heterocycles. The predicted molar refractivity (Wildman–Crippen MR) is 103 cm³/mol. The quantitative estimate of drug-likeness (QED) is 0.733. The number of nitrogens with two attached hydrogens (primary N) is 1. The SMILES string of the molecule is Cc1cn2nccc(-c3ccc(OC[C@@H](C)CC(C)(C)N)c(C)n3)c2n1. The number of fused-ring (bicyclic) bond motifs is 1. The van der Waals surface area contributed by atoms with Gasteiger partial charge in [0.05, 0.1) is 29.9 Å². The Morgan fingerprint density at radius 2 is 1.96 bits per heavy atom. The Bertz CT molecular complexity index is 910. The highest BCUT2D eigenvalue weighted by Gasteiger charge is 2.17. The fourth-order valence-corrected chi connectivity index (χ4v) is 3.25. The molecule has 1 atom stereocenters. The van der Waals surface area contributed by atoms with E-state index in [2.05, 4.69) is 17.0 Å². The molecule has 0 spiro atoms. The molecule has 0 bridgehead atoms. The number of ether oxygens (including phenoxy) is 1. The topological polar surface area (TPSA) is 78.3 Å². The number of imidazole rings is 1. The Hall–Kier alpha value is -2.47. The summed E-state index contributed by atoms with van der Waals surface area (Å²) in [7, 11) is 0. The minimum atomic E-state index is -0.186. The number of aryl methyl sites for hydroxylation is 2. The molecule has 138 valence electrons. The molecule has 0 aromatic carbocycles. The number of nitrogens with zero attached hydrogens (tertiary/aromatic N) is 4. The van der Waals surface area contributed by atoms with Gasteiger partial charge in [-0.05, 0) is 58.2 Å². The maximum atomic E-state index is 6.09. The highest BCUT2D eigenvalue weighted by Crippen LogP contribution is 2.26. The molecule has 3 aromatic rings. The summed E-state index contributed by atoms with van der Waals surface area (Å²) in [5.74, 6) is 1.18. The van der Waals surface area contributed by atoms with Gasteiger partial charge in [0.1, 0.15) is 5.75 Å². The zero-order chi connectivity index (χ0) is 18.9. The van der Waals surface area contributed by atoms with E-state index in [0.717, 1.165) is 40.5 Å². The molecule has 6 heteroatoms. The molecule has 0 aliphatic heterocycles. The third kappa shape index (κ3) is 4.19. The van der Waals surface area contributed by atoms with Gasteiger partial charge < -0.3 is 10.5 Å². The molecular formula is C20H27N5O. The molecule has 0 aliphatic rings. The lowest BCUT2D eigenvalue weighted by Gasteiger charge is -2.23. The molecule has 0 aliphatic carbocycles. The van der Waals surface area contributed by atoms with Crippen LogP contribution in [0.2, 0.25) is 0 Å². The number of aromatic nitrogens is 4. The Morgan fingerprint density at radius 3 is 2.65 bits per heavy atom. The van der Waals surface area contributed by atoms with Crippen LogP contribution < -0.4 is 10.5 Å².